The van der Waals surface area contributed by atoms with Crippen molar-refractivity contribution in [3.8, 4) is 28.6 Å². The van der Waals surface area contributed by atoms with E-state index in [1.807, 2.05) is 13.2 Å². The Morgan fingerprint density at radius 2 is 2.00 bits per heavy atom. The SMILES string of the molecule is CCCC(=O)N1c2ccc(Cl)cc2-c2nnc(SC)nc2OC1c1cc(OC)ccc1OC. The number of amides is 1. The third-order valence-electron chi connectivity index (χ3n) is 5.18. The van der Waals surface area contributed by atoms with E-state index in [4.69, 9.17) is 25.8 Å². The van der Waals surface area contributed by atoms with Crippen LogP contribution in [0.25, 0.3) is 11.3 Å². The summed E-state index contributed by atoms with van der Waals surface area (Å²) < 4.78 is 17.5. The first-order chi connectivity index (χ1) is 16.0. The van der Waals surface area contributed by atoms with Crippen LogP contribution in [-0.4, -0.2) is 41.6 Å². The highest BCUT2D eigenvalue weighted by Crippen LogP contribution is 2.46. The normalized spacial score (nSPS) is 14.6. The number of hydrogen-bond acceptors (Lipinski definition) is 8. The molecule has 0 radical (unpaired) electrons. The zero-order chi connectivity index (χ0) is 23.5. The van der Waals surface area contributed by atoms with Crippen molar-refractivity contribution in [1.29, 1.82) is 0 Å². The van der Waals surface area contributed by atoms with Crippen LogP contribution in [-0.2, 0) is 4.79 Å². The molecule has 172 valence electrons. The van der Waals surface area contributed by atoms with E-state index in [-0.39, 0.29) is 11.8 Å². The minimum absolute atomic E-state index is 0.123. The number of carbonyl (C=O) groups is 1. The third-order valence-corrected chi connectivity index (χ3v) is 5.96. The van der Waals surface area contributed by atoms with Crippen molar-refractivity contribution in [2.24, 2.45) is 0 Å². The summed E-state index contributed by atoms with van der Waals surface area (Å²) in [5.74, 6) is 1.27. The number of fused-ring (bicyclic) bond motifs is 3. The van der Waals surface area contributed by atoms with E-state index in [1.165, 1.54) is 11.8 Å². The highest BCUT2D eigenvalue weighted by atomic mass is 35.5. The Balaban J connectivity index is 2.02. The quantitative estimate of drug-likeness (QED) is 0.442. The van der Waals surface area contributed by atoms with Gasteiger partial charge in [-0.05, 0) is 49.1 Å². The standard InChI is InChI=1S/C23H23ClN4O4S/c1-5-6-19(29)28-17-9-7-13(24)11-15(17)20-21(25-23(33-4)27-26-20)32-22(28)16-12-14(30-2)8-10-18(16)31-3/h7-12,22H,5-6H2,1-4H3. The summed E-state index contributed by atoms with van der Waals surface area (Å²) in [4.78, 5) is 19.6. The molecule has 0 saturated carbocycles. The van der Waals surface area contributed by atoms with Gasteiger partial charge >= 0.3 is 0 Å². The molecule has 0 bridgehead atoms. The monoisotopic (exact) mass is 486 g/mol. The van der Waals surface area contributed by atoms with E-state index in [0.29, 0.717) is 57.0 Å². The number of carbonyl (C=O) groups excluding carboxylic acids is 1. The first-order valence-electron chi connectivity index (χ1n) is 10.3. The molecule has 1 amide bonds. The maximum atomic E-state index is 13.5. The molecule has 1 aliphatic heterocycles. The Hall–Kier alpha value is -3.04. The second-order valence-electron chi connectivity index (χ2n) is 7.21. The van der Waals surface area contributed by atoms with Gasteiger partial charge in [0.05, 0.1) is 25.5 Å². The number of aromatic nitrogens is 3. The van der Waals surface area contributed by atoms with Gasteiger partial charge in [-0.1, -0.05) is 30.3 Å². The molecule has 1 unspecified atom stereocenters. The highest BCUT2D eigenvalue weighted by Gasteiger charge is 2.37. The Morgan fingerprint density at radius 1 is 1.18 bits per heavy atom. The van der Waals surface area contributed by atoms with Crippen molar-refractivity contribution in [2.45, 2.75) is 31.1 Å². The summed E-state index contributed by atoms with van der Waals surface area (Å²) in [5.41, 5.74) is 2.22. The van der Waals surface area contributed by atoms with Gasteiger partial charge in [0.2, 0.25) is 23.2 Å². The van der Waals surface area contributed by atoms with Crippen LogP contribution < -0.4 is 19.1 Å². The molecule has 2 heterocycles. The lowest BCUT2D eigenvalue weighted by Crippen LogP contribution is -2.37. The van der Waals surface area contributed by atoms with Gasteiger partial charge in [0.25, 0.3) is 0 Å². The van der Waals surface area contributed by atoms with Crippen LogP contribution >= 0.6 is 23.4 Å². The molecule has 0 N–H and O–H groups in total. The van der Waals surface area contributed by atoms with Crippen molar-refractivity contribution >= 4 is 35.0 Å². The van der Waals surface area contributed by atoms with E-state index in [9.17, 15) is 4.79 Å². The average Bonchev–Trinajstić information content (AvgIpc) is 2.97. The first kappa shape index (κ1) is 23.1. The summed E-state index contributed by atoms with van der Waals surface area (Å²) in [6.07, 6.45) is 1.95. The Morgan fingerprint density at radius 3 is 2.70 bits per heavy atom. The number of ether oxygens (including phenoxy) is 3. The number of halogens is 1. The minimum Gasteiger partial charge on any atom is -0.497 e. The maximum absolute atomic E-state index is 13.5. The van der Waals surface area contributed by atoms with Gasteiger partial charge in [-0.2, -0.15) is 4.98 Å². The number of thioether (sulfide) groups is 1. The lowest BCUT2D eigenvalue weighted by atomic mass is 10.1. The molecular weight excluding hydrogens is 464 g/mol. The second kappa shape index (κ2) is 9.84. The van der Waals surface area contributed by atoms with Gasteiger partial charge in [-0.15, -0.1) is 10.2 Å². The zero-order valence-corrected chi connectivity index (χ0v) is 20.2. The third kappa shape index (κ3) is 4.43. The lowest BCUT2D eigenvalue weighted by Gasteiger charge is -2.31. The van der Waals surface area contributed by atoms with Crippen molar-refractivity contribution in [3.63, 3.8) is 0 Å². The van der Waals surface area contributed by atoms with Gasteiger partial charge in [-0.3, -0.25) is 9.69 Å². The zero-order valence-electron chi connectivity index (χ0n) is 18.7. The molecule has 0 saturated heterocycles. The van der Waals surface area contributed by atoms with E-state index in [0.717, 1.165) is 0 Å². The van der Waals surface area contributed by atoms with Crippen LogP contribution in [0.2, 0.25) is 5.02 Å². The number of rotatable bonds is 6. The molecule has 8 nitrogen and oxygen atoms in total. The summed E-state index contributed by atoms with van der Waals surface area (Å²) in [7, 11) is 3.14. The van der Waals surface area contributed by atoms with Crippen LogP contribution in [0.15, 0.2) is 41.6 Å². The number of methoxy groups -OCH3 is 2. The molecule has 4 rings (SSSR count). The molecule has 0 spiro atoms. The molecule has 3 aromatic rings. The predicted molar refractivity (Wildman–Crippen MR) is 127 cm³/mol. The van der Waals surface area contributed by atoms with Crippen LogP contribution in [0.4, 0.5) is 5.69 Å². The van der Waals surface area contributed by atoms with E-state index < -0.39 is 6.23 Å². The molecule has 33 heavy (non-hydrogen) atoms. The fourth-order valence-electron chi connectivity index (χ4n) is 3.66. The first-order valence-corrected chi connectivity index (χ1v) is 11.9. The van der Waals surface area contributed by atoms with Gasteiger partial charge < -0.3 is 14.2 Å². The fraction of sp³-hybridized carbons (Fsp3) is 0.304. The topological polar surface area (TPSA) is 86.7 Å². The van der Waals surface area contributed by atoms with Gasteiger partial charge in [0, 0.05) is 17.0 Å². The summed E-state index contributed by atoms with van der Waals surface area (Å²) in [6, 6.07) is 10.6. The maximum Gasteiger partial charge on any atom is 0.247 e. The predicted octanol–water partition coefficient (Wildman–Crippen LogP) is 5.16. The minimum atomic E-state index is -0.887. The van der Waals surface area contributed by atoms with Crippen molar-refractivity contribution in [2.75, 3.05) is 25.4 Å². The molecule has 0 aliphatic carbocycles. The molecule has 0 fully saturated rings. The highest BCUT2D eigenvalue weighted by molar-refractivity contribution is 7.98. The summed E-state index contributed by atoms with van der Waals surface area (Å²) in [6.45, 7) is 1.95. The van der Waals surface area contributed by atoms with E-state index in [1.54, 1.807) is 55.5 Å². The van der Waals surface area contributed by atoms with Crippen LogP contribution in [0, 0.1) is 0 Å². The van der Waals surface area contributed by atoms with Gasteiger partial charge in [-0.25, -0.2) is 0 Å². The van der Waals surface area contributed by atoms with Crippen molar-refractivity contribution < 1.29 is 19.0 Å². The average molecular weight is 487 g/mol. The molecular formula is C23H23ClN4O4S. The largest absolute Gasteiger partial charge is 0.497 e. The van der Waals surface area contributed by atoms with E-state index >= 15 is 0 Å². The van der Waals surface area contributed by atoms with Crippen molar-refractivity contribution in [3.05, 3.63) is 47.0 Å². The van der Waals surface area contributed by atoms with Crippen LogP contribution in [0.1, 0.15) is 31.6 Å². The fourth-order valence-corrected chi connectivity index (χ4v) is 4.13. The molecule has 1 atom stereocenters. The smallest absolute Gasteiger partial charge is 0.247 e. The summed E-state index contributed by atoms with van der Waals surface area (Å²) >= 11 is 7.67. The molecule has 10 heteroatoms. The van der Waals surface area contributed by atoms with E-state index in [2.05, 4.69) is 15.2 Å². The van der Waals surface area contributed by atoms with Gasteiger partial charge in [0.15, 0.2) is 5.69 Å². The lowest BCUT2D eigenvalue weighted by molar-refractivity contribution is -0.120. The van der Waals surface area contributed by atoms with Crippen molar-refractivity contribution in [1.82, 2.24) is 15.2 Å². The Bertz CT molecular complexity index is 1190. The second-order valence-corrected chi connectivity index (χ2v) is 8.42. The Kier molecular flexibility index (Phi) is 6.90. The van der Waals surface area contributed by atoms with Crippen LogP contribution in [0.5, 0.6) is 17.4 Å². The van der Waals surface area contributed by atoms with Crippen LogP contribution in [0.3, 0.4) is 0 Å². The van der Waals surface area contributed by atoms with Gasteiger partial charge in [0.1, 0.15) is 11.5 Å². The number of benzene rings is 2. The number of hydrogen-bond donors (Lipinski definition) is 0. The molecule has 2 aromatic carbocycles. The Labute approximate surface area is 201 Å². The number of nitrogens with zero attached hydrogens (tertiary/aromatic N) is 4. The molecule has 1 aliphatic rings. The summed E-state index contributed by atoms with van der Waals surface area (Å²) in [5, 5.41) is 9.48. The molecule has 1 aromatic heterocycles. The number of anilines is 1.